The van der Waals surface area contributed by atoms with E-state index in [-0.39, 0.29) is 5.56 Å². The maximum atomic E-state index is 12.9. The SMILES string of the molecule is COCCCn1ccc2c(cnc3c(-c4ccc(Cl)cc4)c(COC)nn32)c1=O. The first-order chi connectivity index (χ1) is 14.1. The maximum absolute atomic E-state index is 12.9. The van der Waals surface area contributed by atoms with Crippen molar-refractivity contribution in [2.75, 3.05) is 20.8 Å². The van der Waals surface area contributed by atoms with Crippen molar-refractivity contribution in [2.45, 2.75) is 19.6 Å². The fourth-order valence-electron chi connectivity index (χ4n) is 3.46. The van der Waals surface area contributed by atoms with Gasteiger partial charge in [-0.1, -0.05) is 23.7 Å². The predicted octanol–water partition coefficient (Wildman–Crippen LogP) is 3.55. The zero-order valence-corrected chi connectivity index (χ0v) is 17.0. The lowest BCUT2D eigenvalue weighted by Crippen LogP contribution is -2.21. The number of hydrogen-bond donors (Lipinski definition) is 0. The van der Waals surface area contributed by atoms with Gasteiger partial charge in [0.05, 0.1) is 28.8 Å². The number of ether oxygens (including phenoxy) is 2. The Bertz CT molecular complexity index is 1210. The highest BCUT2D eigenvalue weighted by Crippen LogP contribution is 2.30. The maximum Gasteiger partial charge on any atom is 0.261 e. The summed E-state index contributed by atoms with van der Waals surface area (Å²) in [6.07, 6.45) is 4.18. The van der Waals surface area contributed by atoms with Crippen LogP contribution >= 0.6 is 11.6 Å². The average Bonchev–Trinajstić information content (AvgIpc) is 3.09. The molecule has 0 saturated carbocycles. The molecule has 1 aromatic carbocycles. The van der Waals surface area contributed by atoms with Gasteiger partial charge in [-0.15, -0.1) is 0 Å². The standard InChI is InChI=1S/C21H21ClN4O3/c1-28-11-3-9-25-10-8-18-16(21(25)27)12-23-20-19(14-4-6-15(22)7-5-14)17(13-29-2)24-26(18)20/h4-8,10,12H,3,9,11,13H2,1-2H3. The Hall–Kier alpha value is -2.74. The number of methoxy groups -OCH3 is 2. The molecule has 0 spiro atoms. The Kier molecular flexibility index (Phi) is 5.62. The summed E-state index contributed by atoms with van der Waals surface area (Å²) < 4.78 is 13.8. The second-order valence-electron chi connectivity index (χ2n) is 6.71. The molecule has 0 aliphatic rings. The van der Waals surface area contributed by atoms with Gasteiger partial charge in [-0.05, 0) is 30.2 Å². The molecule has 0 atom stereocenters. The van der Waals surface area contributed by atoms with Crippen molar-refractivity contribution in [3.8, 4) is 11.1 Å². The van der Waals surface area contributed by atoms with Crippen LogP contribution in [0, 0.1) is 0 Å². The number of halogens is 1. The molecule has 0 N–H and O–H groups in total. The molecule has 150 valence electrons. The van der Waals surface area contributed by atoms with Crippen LogP contribution in [0.15, 0.2) is 47.5 Å². The molecule has 29 heavy (non-hydrogen) atoms. The average molecular weight is 413 g/mol. The summed E-state index contributed by atoms with van der Waals surface area (Å²) in [5.41, 5.74) is 3.85. The highest BCUT2D eigenvalue weighted by molar-refractivity contribution is 6.30. The van der Waals surface area contributed by atoms with Crippen molar-refractivity contribution in [1.82, 2.24) is 19.2 Å². The molecular formula is C21H21ClN4O3. The fraction of sp³-hybridized carbons (Fsp3) is 0.286. The number of pyridine rings is 1. The summed E-state index contributed by atoms with van der Waals surface area (Å²) in [5, 5.41) is 5.88. The molecule has 0 saturated heterocycles. The van der Waals surface area contributed by atoms with Crippen LogP contribution in [0.3, 0.4) is 0 Å². The van der Waals surface area contributed by atoms with Gasteiger partial charge in [0.25, 0.3) is 5.56 Å². The molecule has 0 aliphatic heterocycles. The Morgan fingerprint density at radius 2 is 1.90 bits per heavy atom. The van der Waals surface area contributed by atoms with Crippen LogP contribution in [0.5, 0.6) is 0 Å². The molecular weight excluding hydrogens is 392 g/mol. The van der Waals surface area contributed by atoms with Gasteiger partial charge in [-0.3, -0.25) is 4.79 Å². The van der Waals surface area contributed by atoms with Gasteiger partial charge in [0.2, 0.25) is 0 Å². The van der Waals surface area contributed by atoms with Crippen LogP contribution in [0.25, 0.3) is 27.7 Å². The van der Waals surface area contributed by atoms with E-state index < -0.39 is 0 Å². The van der Waals surface area contributed by atoms with Crippen LogP contribution < -0.4 is 5.56 Å². The van der Waals surface area contributed by atoms with E-state index in [1.165, 1.54) is 0 Å². The normalized spacial score (nSPS) is 11.6. The van der Waals surface area contributed by atoms with Gasteiger partial charge in [-0.2, -0.15) is 5.10 Å². The number of aryl methyl sites for hydroxylation is 1. The van der Waals surface area contributed by atoms with Crippen LogP contribution in [-0.2, 0) is 22.6 Å². The monoisotopic (exact) mass is 412 g/mol. The summed E-state index contributed by atoms with van der Waals surface area (Å²) in [6, 6.07) is 9.41. The third kappa shape index (κ3) is 3.64. The summed E-state index contributed by atoms with van der Waals surface area (Å²) in [4.78, 5) is 17.5. The number of nitrogens with zero attached hydrogens (tertiary/aromatic N) is 4. The second kappa shape index (κ2) is 8.32. The van der Waals surface area contributed by atoms with Crippen molar-refractivity contribution in [1.29, 1.82) is 0 Å². The number of fused-ring (bicyclic) bond motifs is 3. The molecule has 0 amide bonds. The fourth-order valence-corrected chi connectivity index (χ4v) is 3.59. The molecule has 7 nitrogen and oxygen atoms in total. The molecule has 3 heterocycles. The van der Waals surface area contributed by atoms with Crippen LogP contribution in [0.2, 0.25) is 5.02 Å². The number of aromatic nitrogens is 4. The Morgan fingerprint density at radius 1 is 1.10 bits per heavy atom. The zero-order valence-electron chi connectivity index (χ0n) is 16.3. The minimum absolute atomic E-state index is 0.0927. The van der Waals surface area contributed by atoms with Gasteiger partial charge in [0, 0.05) is 44.8 Å². The lowest BCUT2D eigenvalue weighted by Gasteiger charge is -2.08. The second-order valence-corrected chi connectivity index (χ2v) is 7.15. The highest BCUT2D eigenvalue weighted by atomic mass is 35.5. The summed E-state index contributed by atoms with van der Waals surface area (Å²) >= 11 is 6.04. The first kappa shape index (κ1) is 19.6. The van der Waals surface area contributed by atoms with Crippen LogP contribution in [0.4, 0.5) is 0 Å². The number of benzene rings is 1. The molecule has 0 aliphatic carbocycles. The minimum Gasteiger partial charge on any atom is -0.385 e. The summed E-state index contributed by atoms with van der Waals surface area (Å²) in [5.74, 6) is 0. The van der Waals surface area contributed by atoms with Crippen molar-refractivity contribution in [3.63, 3.8) is 0 Å². The van der Waals surface area contributed by atoms with E-state index in [1.807, 2.05) is 30.3 Å². The van der Waals surface area contributed by atoms with E-state index in [1.54, 1.807) is 35.7 Å². The Morgan fingerprint density at radius 3 is 2.62 bits per heavy atom. The Labute approximate surface area is 172 Å². The van der Waals surface area contributed by atoms with E-state index in [4.69, 9.17) is 26.2 Å². The number of rotatable bonds is 7. The molecule has 0 unspecified atom stereocenters. The third-order valence-electron chi connectivity index (χ3n) is 4.82. The van der Waals surface area contributed by atoms with Crippen molar-refractivity contribution < 1.29 is 9.47 Å². The largest absolute Gasteiger partial charge is 0.385 e. The van der Waals surface area contributed by atoms with Gasteiger partial charge in [-0.25, -0.2) is 9.50 Å². The quantitative estimate of drug-likeness (QED) is 0.434. The van der Waals surface area contributed by atoms with E-state index in [2.05, 4.69) is 4.98 Å². The summed E-state index contributed by atoms with van der Waals surface area (Å²) in [7, 11) is 3.28. The zero-order chi connectivity index (χ0) is 20.4. The van der Waals surface area contributed by atoms with Crippen LogP contribution in [-0.4, -0.2) is 40.0 Å². The van der Waals surface area contributed by atoms with Crippen LogP contribution in [0.1, 0.15) is 12.1 Å². The van der Waals surface area contributed by atoms with Gasteiger partial charge in [0.1, 0.15) is 0 Å². The van der Waals surface area contributed by atoms with E-state index in [0.717, 1.165) is 23.2 Å². The van der Waals surface area contributed by atoms with Crippen molar-refractivity contribution in [2.24, 2.45) is 0 Å². The smallest absolute Gasteiger partial charge is 0.261 e. The highest BCUT2D eigenvalue weighted by Gasteiger charge is 2.18. The molecule has 0 radical (unpaired) electrons. The van der Waals surface area contributed by atoms with Gasteiger partial charge < -0.3 is 14.0 Å². The first-order valence-electron chi connectivity index (χ1n) is 9.27. The minimum atomic E-state index is -0.0927. The Balaban J connectivity index is 1.90. The molecule has 8 heteroatoms. The van der Waals surface area contributed by atoms with Gasteiger partial charge in [0.15, 0.2) is 5.65 Å². The third-order valence-corrected chi connectivity index (χ3v) is 5.07. The molecule has 4 rings (SSSR count). The molecule has 4 aromatic rings. The summed E-state index contributed by atoms with van der Waals surface area (Å²) in [6.45, 7) is 1.52. The lowest BCUT2D eigenvalue weighted by atomic mass is 10.1. The lowest BCUT2D eigenvalue weighted by molar-refractivity contribution is 0.181. The van der Waals surface area contributed by atoms with Crippen molar-refractivity contribution >= 4 is 28.2 Å². The molecule has 3 aromatic heterocycles. The topological polar surface area (TPSA) is 70.7 Å². The predicted molar refractivity (Wildman–Crippen MR) is 112 cm³/mol. The molecule has 0 fully saturated rings. The van der Waals surface area contributed by atoms with E-state index in [0.29, 0.717) is 41.3 Å². The van der Waals surface area contributed by atoms with E-state index in [9.17, 15) is 4.79 Å². The van der Waals surface area contributed by atoms with Gasteiger partial charge >= 0.3 is 0 Å². The first-order valence-corrected chi connectivity index (χ1v) is 9.65. The van der Waals surface area contributed by atoms with E-state index >= 15 is 0 Å². The number of hydrogen-bond acceptors (Lipinski definition) is 5. The molecule has 0 bridgehead atoms. The van der Waals surface area contributed by atoms with Crippen molar-refractivity contribution in [3.05, 3.63) is 63.8 Å².